The number of phenols is 1. The largest absolute Gasteiger partial charge is 0.573 e. The van der Waals surface area contributed by atoms with Gasteiger partial charge in [0.15, 0.2) is 5.75 Å². The smallest absolute Gasteiger partial charge is 0.505 e. The molecule has 0 aliphatic heterocycles. The molecule has 1 amide bonds. The molecule has 3 aromatic rings. The van der Waals surface area contributed by atoms with E-state index in [1.807, 2.05) is 0 Å². The van der Waals surface area contributed by atoms with E-state index in [2.05, 4.69) is 14.8 Å². The van der Waals surface area contributed by atoms with Crippen molar-refractivity contribution >= 4 is 29.1 Å². The van der Waals surface area contributed by atoms with Crippen LogP contribution < -0.4 is 4.74 Å². The van der Waals surface area contributed by atoms with Gasteiger partial charge in [0.1, 0.15) is 12.1 Å². The molecule has 0 aliphatic carbocycles. The van der Waals surface area contributed by atoms with Crippen molar-refractivity contribution in [2.24, 2.45) is 0 Å². The van der Waals surface area contributed by atoms with E-state index in [4.69, 9.17) is 23.2 Å². The molecule has 0 fully saturated rings. The molecule has 1 N–H and O–H groups in total. The van der Waals surface area contributed by atoms with Crippen molar-refractivity contribution in [3.8, 4) is 17.2 Å². The Kier molecular flexibility index (Phi) is 6.61. The van der Waals surface area contributed by atoms with Crippen LogP contribution in [-0.4, -0.2) is 43.6 Å². The van der Waals surface area contributed by atoms with Crippen LogP contribution in [0.3, 0.4) is 0 Å². The van der Waals surface area contributed by atoms with Gasteiger partial charge >= 0.3 is 6.36 Å². The second-order valence-electron chi connectivity index (χ2n) is 6.29. The third-order valence-electron chi connectivity index (χ3n) is 4.12. The molecule has 12 heteroatoms. The summed E-state index contributed by atoms with van der Waals surface area (Å²) in [6, 6.07) is 8.15. The van der Waals surface area contributed by atoms with E-state index < -0.39 is 12.3 Å². The van der Waals surface area contributed by atoms with Crippen LogP contribution in [0, 0.1) is 0 Å². The standard InChI is InChI=1S/C19H15Cl2F3N4O3/c1-2-27(9-11-4-3-5-13(6-11)31-19(22,23)24)18(30)17-25-10-28(26-17)12-7-14(20)16(29)15(21)8-12/h3-8,10,29H,2,9H2,1H3. The summed E-state index contributed by atoms with van der Waals surface area (Å²) in [7, 11) is 0. The van der Waals surface area contributed by atoms with Crippen LogP contribution >= 0.6 is 23.2 Å². The SMILES string of the molecule is CCN(Cc1cccc(OC(F)(F)F)c1)C(=O)c1ncn(-c2cc(Cl)c(O)c(Cl)c2)n1. The highest BCUT2D eigenvalue weighted by Crippen LogP contribution is 2.33. The number of hydrogen-bond donors (Lipinski definition) is 1. The number of amides is 1. The lowest BCUT2D eigenvalue weighted by Gasteiger charge is -2.20. The van der Waals surface area contributed by atoms with E-state index >= 15 is 0 Å². The van der Waals surface area contributed by atoms with Crippen molar-refractivity contribution in [2.75, 3.05) is 6.54 Å². The molecule has 3 rings (SSSR count). The molecule has 31 heavy (non-hydrogen) atoms. The fourth-order valence-electron chi connectivity index (χ4n) is 2.70. The summed E-state index contributed by atoms with van der Waals surface area (Å²) < 4.78 is 42.5. The summed E-state index contributed by atoms with van der Waals surface area (Å²) >= 11 is 11.8. The first-order valence-electron chi connectivity index (χ1n) is 8.81. The van der Waals surface area contributed by atoms with Crippen LogP contribution in [0.25, 0.3) is 5.69 Å². The maximum Gasteiger partial charge on any atom is 0.573 e. The van der Waals surface area contributed by atoms with Crippen LogP contribution in [0.1, 0.15) is 23.1 Å². The van der Waals surface area contributed by atoms with Gasteiger partial charge in [0.05, 0.1) is 15.7 Å². The Bertz CT molecular complexity index is 1080. The van der Waals surface area contributed by atoms with Gasteiger partial charge in [-0.25, -0.2) is 9.67 Å². The lowest BCUT2D eigenvalue weighted by Crippen LogP contribution is -2.31. The maximum absolute atomic E-state index is 12.8. The van der Waals surface area contributed by atoms with Crippen molar-refractivity contribution in [3.05, 3.63) is 64.2 Å². The van der Waals surface area contributed by atoms with Crippen LogP contribution in [-0.2, 0) is 6.54 Å². The number of ether oxygens (including phenoxy) is 1. The van der Waals surface area contributed by atoms with Crippen molar-refractivity contribution in [1.29, 1.82) is 0 Å². The van der Waals surface area contributed by atoms with Crippen molar-refractivity contribution in [2.45, 2.75) is 19.8 Å². The van der Waals surface area contributed by atoms with Crippen molar-refractivity contribution < 1.29 is 27.8 Å². The van der Waals surface area contributed by atoms with Gasteiger partial charge in [-0.2, -0.15) is 0 Å². The Morgan fingerprint density at radius 3 is 2.52 bits per heavy atom. The number of carbonyl (C=O) groups excluding carboxylic acids is 1. The minimum absolute atomic E-state index is 0.00187. The van der Waals surface area contributed by atoms with Crippen molar-refractivity contribution in [1.82, 2.24) is 19.7 Å². The normalized spacial score (nSPS) is 11.4. The molecule has 0 spiro atoms. The summed E-state index contributed by atoms with van der Waals surface area (Å²) in [6.07, 6.45) is -3.53. The molecular weight excluding hydrogens is 460 g/mol. The van der Waals surface area contributed by atoms with Crippen molar-refractivity contribution in [3.63, 3.8) is 0 Å². The second kappa shape index (κ2) is 9.03. The predicted molar refractivity (Wildman–Crippen MR) is 107 cm³/mol. The molecule has 0 atom stereocenters. The van der Waals surface area contributed by atoms with Crippen LogP contribution in [0.5, 0.6) is 11.5 Å². The molecular formula is C19H15Cl2F3N4O3. The van der Waals surface area contributed by atoms with E-state index in [9.17, 15) is 23.1 Å². The van der Waals surface area contributed by atoms with Gasteiger partial charge in [-0.05, 0) is 36.8 Å². The minimum Gasteiger partial charge on any atom is -0.505 e. The quantitative estimate of drug-likeness (QED) is 0.552. The van der Waals surface area contributed by atoms with Crippen LogP contribution in [0.15, 0.2) is 42.7 Å². The highest BCUT2D eigenvalue weighted by atomic mass is 35.5. The zero-order valence-electron chi connectivity index (χ0n) is 15.9. The fourth-order valence-corrected chi connectivity index (χ4v) is 3.18. The number of benzene rings is 2. The van der Waals surface area contributed by atoms with Gasteiger partial charge in [0.25, 0.3) is 5.91 Å². The van der Waals surface area contributed by atoms with Gasteiger partial charge in [-0.15, -0.1) is 18.3 Å². The highest BCUT2D eigenvalue weighted by molar-refractivity contribution is 6.37. The Balaban J connectivity index is 1.78. The van der Waals surface area contributed by atoms with Gasteiger partial charge < -0.3 is 14.7 Å². The van der Waals surface area contributed by atoms with Crippen LogP contribution in [0.2, 0.25) is 10.0 Å². The average Bonchev–Trinajstić information content (AvgIpc) is 3.18. The van der Waals surface area contributed by atoms with E-state index in [0.717, 1.165) is 0 Å². The molecule has 1 heterocycles. The van der Waals surface area contributed by atoms with E-state index in [1.165, 1.54) is 46.2 Å². The fraction of sp³-hybridized carbons (Fsp3) is 0.211. The highest BCUT2D eigenvalue weighted by Gasteiger charge is 2.31. The zero-order valence-corrected chi connectivity index (χ0v) is 17.4. The van der Waals surface area contributed by atoms with E-state index in [1.54, 1.807) is 13.0 Å². The maximum atomic E-state index is 12.8. The van der Waals surface area contributed by atoms with Gasteiger partial charge in [-0.1, -0.05) is 35.3 Å². The number of aromatic nitrogens is 3. The predicted octanol–water partition coefficient (Wildman–Crippen LogP) is 4.84. The number of alkyl halides is 3. The number of halogens is 5. The molecule has 0 saturated heterocycles. The number of nitrogens with zero attached hydrogens (tertiary/aromatic N) is 4. The summed E-state index contributed by atoms with van der Waals surface area (Å²) in [5, 5.41) is 13.8. The first kappa shape index (κ1) is 22.7. The number of phenolic OH excluding ortho intramolecular Hbond substituents is 1. The molecule has 7 nitrogen and oxygen atoms in total. The average molecular weight is 475 g/mol. The molecule has 0 radical (unpaired) electrons. The second-order valence-corrected chi connectivity index (χ2v) is 7.10. The molecule has 1 aromatic heterocycles. The van der Waals surface area contributed by atoms with Gasteiger partial charge in [0.2, 0.25) is 5.82 Å². The Morgan fingerprint density at radius 1 is 1.23 bits per heavy atom. The summed E-state index contributed by atoms with van der Waals surface area (Å²) in [4.78, 5) is 18.2. The molecule has 0 aliphatic rings. The topological polar surface area (TPSA) is 80.5 Å². The molecule has 0 saturated carbocycles. The lowest BCUT2D eigenvalue weighted by molar-refractivity contribution is -0.274. The summed E-state index contributed by atoms with van der Waals surface area (Å²) in [6.45, 7) is 1.99. The number of rotatable bonds is 6. The third-order valence-corrected chi connectivity index (χ3v) is 4.70. The third kappa shape index (κ3) is 5.59. The summed E-state index contributed by atoms with van der Waals surface area (Å²) in [5.74, 6) is -1.32. The van der Waals surface area contributed by atoms with Gasteiger partial charge in [-0.3, -0.25) is 4.79 Å². The Morgan fingerprint density at radius 2 is 1.90 bits per heavy atom. The number of carbonyl (C=O) groups is 1. The Labute approximate surface area is 184 Å². The zero-order chi connectivity index (χ0) is 22.8. The summed E-state index contributed by atoms with van der Waals surface area (Å²) in [5.41, 5.74) is 0.813. The van der Waals surface area contributed by atoms with E-state index in [0.29, 0.717) is 11.3 Å². The minimum atomic E-state index is -4.81. The van der Waals surface area contributed by atoms with Gasteiger partial charge in [0, 0.05) is 13.1 Å². The monoisotopic (exact) mass is 474 g/mol. The lowest BCUT2D eigenvalue weighted by atomic mass is 10.2. The first-order chi connectivity index (χ1) is 14.6. The van der Waals surface area contributed by atoms with Crippen LogP contribution in [0.4, 0.5) is 13.2 Å². The van der Waals surface area contributed by atoms with E-state index in [-0.39, 0.29) is 40.5 Å². The Hall–Kier alpha value is -2.98. The molecule has 0 unspecified atom stereocenters. The first-order valence-corrected chi connectivity index (χ1v) is 9.57. The molecule has 0 bridgehead atoms. The molecule has 164 valence electrons. The number of hydrogen-bond acceptors (Lipinski definition) is 5. The number of aromatic hydroxyl groups is 1. The molecule has 2 aromatic carbocycles.